The monoisotopic (exact) mass is 321 g/mol. The lowest BCUT2D eigenvalue weighted by atomic mass is 9.90. The second-order valence-electron chi connectivity index (χ2n) is 6.72. The van der Waals surface area contributed by atoms with Crippen molar-refractivity contribution in [2.24, 2.45) is 5.92 Å². The number of aromatic nitrogens is 1. The highest BCUT2D eigenvalue weighted by molar-refractivity contribution is 5.81. The molecule has 4 heteroatoms. The Bertz CT molecular complexity index is 689. The molecular weight excluding hydrogens is 298 g/mol. The van der Waals surface area contributed by atoms with E-state index >= 15 is 0 Å². The van der Waals surface area contributed by atoms with Gasteiger partial charge in [-0.1, -0.05) is 36.4 Å². The molecule has 124 valence electrons. The molecular formula is C20H23N3O. The standard InChI is InChI=1S/C20H23N3O/c24-20(23-14-11-18(23)16-7-2-1-3-8-16)17-9-6-13-22(15-17)19-10-4-5-12-21-19/h1-5,7-8,10,12,17-18H,6,9,11,13-15H2. The number of hydrogen-bond acceptors (Lipinski definition) is 3. The van der Waals surface area contributed by atoms with Crippen LogP contribution in [0.2, 0.25) is 0 Å². The molecule has 1 aromatic heterocycles. The SMILES string of the molecule is O=C(C1CCCN(c2ccccn2)C1)N1CCC1c1ccccc1. The Labute approximate surface area is 143 Å². The molecule has 0 saturated carbocycles. The third-order valence-corrected chi connectivity index (χ3v) is 5.23. The van der Waals surface area contributed by atoms with Gasteiger partial charge in [0, 0.05) is 25.8 Å². The molecule has 2 atom stereocenters. The van der Waals surface area contributed by atoms with E-state index in [1.54, 1.807) is 0 Å². The Hall–Kier alpha value is -2.36. The van der Waals surface area contributed by atoms with E-state index in [-0.39, 0.29) is 12.0 Å². The summed E-state index contributed by atoms with van der Waals surface area (Å²) < 4.78 is 0. The molecule has 2 aliphatic heterocycles. The van der Waals surface area contributed by atoms with Crippen molar-refractivity contribution in [2.45, 2.75) is 25.3 Å². The fourth-order valence-corrected chi connectivity index (χ4v) is 3.83. The maximum Gasteiger partial charge on any atom is 0.227 e. The van der Waals surface area contributed by atoms with E-state index in [1.165, 1.54) is 5.56 Å². The highest BCUT2D eigenvalue weighted by atomic mass is 16.2. The Balaban J connectivity index is 1.45. The van der Waals surface area contributed by atoms with E-state index in [0.717, 1.165) is 44.7 Å². The number of carbonyl (C=O) groups excluding carboxylic acids is 1. The Morgan fingerprint density at radius 2 is 1.83 bits per heavy atom. The van der Waals surface area contributed by atoms with Crippen molar-refractivity contribution in [2.75, 3.05) is 24.5 Å². The molecule has 0 aliphatic carbocycles. The Kier molecular flexibility index (Phi) is 4.20. The molecule has 2 fully saturated rings. The quantitative estimate of drug-likeness (QED) is 0.870. The first-order valence-electron chi connectivity index (χ1n) is 8.84. The van der Waals surface area contributed by atoms with Gasteiger partial charge in [-0.25, -0.2) is 4.98 Å². The molecule has 1 aromatic carbocycles. The van der Waals surface area contributed by atoms with E-state index in [2.05, 4.69) is 39.0 Å². The fraction of sp³-hybridized carbons (Fsp3) is 0.400. The van der Waals surface area contributed by atoms with Gasteiger partial charge in [0.15, 0.2) is 0 Å². The normalized spacial score (nSPS) is 23.7. The summed E-state index contributed by atoms with van der Waals surface area (Å²) in [7, 11) is 0. The summed E-state index contributed by atoms with van der Waals surface area (Å²) in [6, 6.07) is 16.6. The lowest BCUT2D eigenvalue weighted by Gasteiger charge is -2.44. The molecule has 2 aromatic rings. The number of anilines is 1. The minimum absolute atomic E-state index is 0.0901. The molecule has 0 radical (unpaired) electrons. The van der Waals surface area contributed by atoms with Crippen LogP contribution in [0.3, 0.4) is 0 Å². The highest BCUT2D eigenvalue weighted by Crippen LogP contribution is 2.35. The summed E-state index contributed by atoms with van der Waals surface area (Å²) in [6.45, 7) is 2.66. The van der Waals surface area contributed by atoms with Crippen LogP contribution in [-0.2, 0) is 4.79 Å². The van der Waals surface area contributed by atoms with Gasteiger partial charge in [-0.15, -0.1) is 0 Å². The average molecular weight is 321 g/mol. The van der Waals surface area contributed by atoms with Gasteiger partial charge in [0.05, 0.1) is 12.0 Å². The Morgan fingerprint density at radius 1 is 1.00 bits per heavy atom. The Morgan fingerprint density at radius 3 is 2.54 bits per heavy atom. The lowest BCUT2D eigenvalue weighted by molar-refractivity contribution is -0.144. The van der Waals surface area contributed by atoms with E-state index in [1.807, 2.05) is 30.5 Å². The van der Waals surface area contributed by atoms with Crippen LogP contribution in [-0.4, -0.2) is 35.4 Å². The lowest BCUT2D eigenvalue weighted by Crippen LogP contribution is -2.51. The second-order valence-corrected chi connectivity index (χ2v) is 6.72. The zero-order valence-corrected chi connectivity index (χ0v) is 13.8. The number of rotatable bonds is 3. The smallest absolute Gasteiger partial charge is 0.227 e. The predicted molar refractivity (Wildman–Crippen MR) is 94.7 cm³/mol. The van der Waals surface area contributed by atoms with Gasteiger partial charge in [-0.05, 0) is 37.0 Å². The van der Waals surface area contributed by atoms with Crippen molar-refractivity contribution in [3.8, 4) is 0 Å². The molecule has 4 nitrogen and oxygen atoms in total. The van der Waals surface area contributed by atoms with Crippen molar-refractivity contribution in [1.82, 2.24) is 9.88 Å². The first-order chi connectivity index (χ1) is 11.8. The molecule has 1 amide bonds. The average Bonchev–Trinajstić information content (AvgIpc) is 2.62. The molecule has 2 unspecified atom stereocenters. The summed E-state index contributed by atoms with van der Waals surface area (Å²) in [5.74, 6) is 1.39. The summed E-state index contributed by atoms with van der Waals surface area (Å²) in [5, 5.41) is 0. The fourth-order valence-electron chi connectivity index (χ4n) is 3.83. The molecule has 4 rings (SSSR count). The number of amides is 1. The minimum atomic E-state index is 0.0901. The van der Waals surface area contributed by atoms with Gasteiger partial charge in [0.2, 0.25) is 5.91 Å². The van der Waals surface area contributed by atoms with Crippen molar-refractivity contribution < 1.29 is 4.79 Å². The first-order valence-corrected chi connectivity index (χ1v) is 8.84. The summed E-state index contributed by atoms with van der Waals surface area (Å²) >= 11 is 0. The third kappa shape index (κ3) is 2.88. The minimum Gasteiger partial charge on any atom is -0.356 e. The zero-order chi connectivity index (χ0) is 16.4. The maximum absolute atomic E-state index is 13.0. The van der Waals surface area contributed by atoms with Crippen molar-refractivity contribution in [1.29, 1.82) is 0 Å². The largest absolute Gasteiger partial charge is 0.356 e. The van der Waals surface area contributed by atoms with Crippen LogP contribution in [0.15, 0.2) is 54.7 Å². The van der Waals surface area contributed by atoms with Gasteiger partial charge in [-0.2, -0.15) is 0 Å². The number of nitrogens with zero attached hydrogens (tertiary/aromatic N) is 3. The van der Waals surface area contributed by atoms with E-state index in [9.17, 15) is 4.79 Å². The molecule has 2 saturated heterocycles. The summed E-state index contributed by atoms with van der Waals surface area (Å²) in [5.41, 5.74) is 1.26. The van der Waals surface area contributed by atoms with Crippen LogP contribution >= 0.6 is 0 Å². The van der Waals surface area contributed by atoms with Crippen LogP contribution in [0, 0.1) is 5.92 Å². The summed E-state index contributed by atoms with van der Waals surface area (Å²) in [4.78, 5) is 21.8. The van der Waals surface area contributed by atoms with Gasteiger partial charge in [0.25, 0.3) is 0 Å². The maximum atomic E-state index is 13.0. The van der Waals surface area contributed by atoms with Crippen LogP contribution in [0.5, 0.6) is 0 Å². The van der Waals surface area contributed by atoms with Crippen LogP contribution < -0.4 is 4.90 Å². The van der Waals surface area contributed by atoms with Gasteiger partial charge < -0.3 is 9.80 Å². The number of hydrogen-bond donors (Lipinski definition) is 0. The first kappa shape index (κ1) is 15.2. The molecule has 2 aliphatic rings. The highest BCUT2D eigenvalue weighted by Gasteiger charge is 2.38. The van der Waals surface area contributed by atoms with E-state index in [4.69, 9.17) is 0 Å². The van der Waals surface area contributed by atoms with Gasteiger partial charge in [-0.3, -0.25) is 4.79 Å². The zero-order valence-electron chi connectivity index (χ0n) is 13.8. The van der Waals surface area contributed by atoms with Crippen molar-refractivity contribution in [3.63, 3.8) is 0 Å². The number of pyridine rings is 1. The second kappa shape index (κ2) is 6.63. The van der Waals surface area contributed by atoms with Crippen LogP contribution in [0.1, 0.15) is 30.9 Å². The number of piperidine rings is 1. The molecule has 24 heavy (non-hydrogen) atoms. The topological polar surface area (TPSA) is 36.4 Å². The number of likely N-dealkylation sites (tertiary alicyclic amines) is 1. The summed E-state index contributed by atoms with van der Waals surface area (Å²) in [6.07, 6.45) is 4.94. The van der Waals surface area contributed by atoms with E-state index < -0.39 is 0 Å². The van der Waals surface area contributed by atoms with Crippen molar-refractivity contribution in [3.05, 3.63) is 60.3 Å². The number of carbonyl (C=O) groups is 1. The predicted octanol–water partition coefficient (Wildman–Crippen LogP) is 3.27. The van der Waals surface area contributed by atoms with E-state index in [0.29, 0.717) is 5.91 Å². The van der Waals surface area contributed by atoms with Crippen LogP contribution in [0.25, 0.3) is 0 Å². The van der Waals surface area contributed by atoms with Crippen LogP contribution in [0.4, 0.5) is 5.82 Å². The molecule has 3 heterocycles. The molecule has 0 bridgehead atoms. The van der Waals surface area contributed by atoms with Gasteiger partial charge in [0.1, 0.15) is 5.82 Å². The molecule has 0 spiro atoms. The van der Waals surface area contributed by atoms with Crippen molar-refractivity contribution >= 4 is 11.7 Å². The van der Waals surface area contributed by atoms with Gasteiger partial charge >= 0.3 is 0 Å². The third-order valence-electron chi connectivity index (χ3n) is 5.23. The number of benzene rings is 1. The molecule has 0 N–H and O–H groups in total.